The van der Waals surface area contributed by atoms with Gasteiger partial charge in [0.1, 0.15) is 5.60 Å². The first-order valence-corrected chi connectivity index (χ1v) is 9.13. The number of primary sulfonamides is 1. The number of alkyl halides is 3. The van der Waals surface area contributed by atoms with Crippen molar-refractivity contribution in [3.63, 3.8) is 0 Å². The molecule has 0 aliphatic carbocycles. The second-order valence-electron chi connectivity index (χ2n) is 5.39. The number of sulfonamides is 1. The van der Waals surface area contributed by atoms with Crippen molar-refractivity contribution < 1.29 is 26.7 Å². The van der Waals surface area contributed by atoms with Crippen molar-refractivity contribution in [1.82, 2.24) is 0 Å². The average Bonchev–Trinajstić information content (AvgIpc) is 2.98. The van der Waals surface area contributed by atoms with Gasteiger partial charge in [-0.3, -0.25) is 0 Å². The fourth-order valence-electron chi connectivity index (χ4n) is 2.06. The molecule has 1 atom stereocenters. The van der Waals surface area contributed by atoms with E-state index in [1.54, 1.807) is 16.8 Å². The van der Waals surface area contributed by atoms with E-state index in [9.17, 15) is 26.7 Å². The van der Waals surface area contributed by atoms with Gasteiger partial charge in [0.25, 0.3) is 0 Å². The Bertz CT molecular complexity index is 816. The molecule has 1 aromatic heterocycles. The van der Waals surface area contributed by atoms with E-state index in [0.29, 0.717) is 11.6 Å². The minimum absolute atomic E-state index is 0.0187. The first-order chi connectivity index (χ1) is 10.9. The summed E-state index contributed by atoms with van der Waals surface area (Å²) in [6.45, 7) is 1.46. The predicted octanol–water partition coefficient (Wildman–Crippen LogP) is 2.73. The van der Waals surface area contributed by atoms with Gasteiger partial charge in [-0.25, -0.2) is 13.6 Å². The molecule has 4 N–H and O–H groups in total. The number of hydrogen-bond donors (Lipinski definition) is 3. The predicted molar refractivity (Wildman–Crippen MR) is 85.2 cm³/mol. The number of nitrogens with two attached hydrogens (primary N) is 1. The quantitative estimate of drug-likeness (QED) is 0.744. The van der Waals surface area contributed by atoms with Crippen molar-refractivity contribution in [2.75, 3.05) is 11.9 Å². The summed E-state index contributed by atoms with van der Waals surface area (Å²) in [6, 6.07) is 4.32. The molecule has 132 valence electrons. The molecule has 10 heteroatoms. The van der Waals surface area contributed by atoms with Gasteiger partial charge in [0.15, 0.2) is 0 Å². The number of thiophene rings is 1. The van der Waals surface area contributed by atoms with E-state index in [4.69, 9.17) is 5.14 Å². The van der Waals surface area contributed by atoms with Crippen molar-refractivity contribution in [2.24, 2.45) is 5.14 Å². The molecular formula is C14H15F3N2O3S2. The number of nitrogens with one attached hydrogen (secondary N) is 1. The van der Waals surface area contributed by atoms with Crippen LogP contribution in [0.25, 0.3) is 0 Å². The number of hydrogen-bond acceptors (Lipinski definition) is 5. The Morgan fingerprint density at radius 3 is 2.46 bits per heavy atom. The van der Waals surface area contributed by atoms with Crippen molar-refractivity contribution in [3.05, 3.63) is 46.2 Å². The van der Waals surface area contributed by atoms with Gasteiger partial charge in [0, 0.05) is 12.2 Å². The highest BCUT2D eigenvalue weighted by Crippen LogP contribution is 2.35. The Hall–Kier alpha value is -1.62. The van der Waals surface area contributed by atoms with E-state index in [2.05, 4.69) is 5.32 Å². The third-order valence-corrected chi connectivity index (χ3v) is 5.02. The number of halogens is 3. The van der Waals surface area contributed by atoms with Crippen LogP contribution < -0.4 is 10.5 Å². The van der Waals surface area contributed by atoms with Crippen molar-refractivity contribution >= 4 is 27.0 Å². The minimum Gasteiger partial charge on any atom is -0.384 e. The normalized spacial score (nSPS) is 15.1. The zero-order valence-electron chi connectivity index (χ0n) is 12.5. The van der Waals surface area contributed by atoms with Crippen LogP contribution in [-0.2, 0) is 21.8 Å². The first-order valence-electron chi connectivity index (χ1n) is 6.64. The Labute approximate surface area is 141 Å². The molecule has 0 amide bonds. The second-order valence-corrected chi connectivity index (χ2v) is 7.70. The molecular weight excluding hydrogens is 365 g/mol. The fourth-order valence-corrected chi connectivity index (χ4v) is 3.58. The fraction of sp³-hybridized carbons (Fsp3) is 0.286. The van der Waals surface area contributed by atoms with Gasteiger partial charge in [-0.15, -0.1) is 0 Å². The molecule has 1 unspecified atom stereocenters. The van der Waals surface area contributed by atoms with Crippen molar-refractivity contribution in [2.45, 2.75) is 23.6 Å². The monoisotopic (exact) mass is 380 g/mol. The molecule has 0 spiro atoms. The lowest BCUT2D eigenvalue weighted by molar-refractivity contribution is -0.139. The van der Waals surface area contributed by atoms with Crippen LogP contribution in [0.15, 0.2) is 39.9 Å². The lowest BCUT2D eigenvalue weighted by Crippen LogP contribution is -2.30. The summed E-state index contributed by atoms with van der Waals surface area (Å²) >= 11 is 1.38. The lowest BCUT2D eigenvalue weighted by Gasteiger charge is -2.24. The molecule has 1 heterocycles. The van der Waals surface area contributed by atoms with E-state index in [-0.39, 0.29) is 12.2 Å². The molecule has 0 saturated heterocycles. The molecule has 1 aromatic carbocycles. The van der Waals surface area contributed by atoms with Crippen molar-refractivity contribution in [3.8, 4) is 0 Å². The third-order valence-electron chi connectivity index (χ3n) is 3.37. The molecule has 0 saturated carbocycles. The van der Waals surface area contributed by atoms with Gasteiger partial charge < -0.3 is 10.4 Å². The topological polar surface area (TPSA) is 92.4 Å². The van der Waals surface area contributed by atoms with Crippen LogP contribution in [0.4, 0.5) is 18.9 Å². The van der Waals surface area contributed by atoms with Crippen LogP contribution in [0.1, 0.15) is 18.1 Å². The molecule has 0 aliphatic rings. The van der Waals surface area contributed by atoms with Gasteiger partial charge in [-0.1, -0.05) is 0 Å². The van der Waals surface area contributed by atoms with Crippen LogP contribution in [0.3, 0.4) is 0 Å². The molecule has 24 heavy (non-hydrogen) atoms. The maximum absolute atomic E-state index is 13.1. The number of anilines is 1. The SMILES string of the molecule is CC(O)(CNc1ccc(S(N)(=O)=O)c(C(F)(F)F)c1)c1ccsc1. The van der Waals surface area contributed by atoms with Crippen LogP contribution >= 0.6 is 11.3 Å². The van der Waals surface area contributed by atoms with E-state index in [1.807, 2.05) is 0 Å². The molecule has 0 aliphatic heterocycles. The minimum atomic E-state index is -4.88. The van der Waals surface area contributed by atoms with E-state index < -0.39 is 32.3 Å². The maximum Gasteiger partial charge on any atom is 0.417 e. The van der Waals surface area contributed by atoms with Gasteiger partial charge in [0.2, 0.25) is 10.0 Å². The molecule has 0 fully saturated rings. The molecule has 5 nitrogen and oxygen atoms in total. The van der Waals surface area contributed by atoms with Crippen LogP contribution in [0, 0.1) is 0 Å². The average molecular weight is 380 g/mol. The number of rotatable bonds is 5. The van der Waals surface area contributed by atoms with E-state index in [1.165, 1.54) is 24.3 Å². The van der Waals surface area contributed by atoms with Crippen molar-refractivity contribution in [1.29, 1.82) is 0 Å². The van der Waals surface area contributed by atoms with Crippen LogP contribution in [0.5, 0.6) is 0 Å². The molecule has 2 rings (SSSR count). The standard InChI is InChI=1S/C14H15F3N2O3S2/c1-13(20,9-4-5-23-7-9)8-19-10-2-3-12(24(18,21)22)11(6-10)14(15,16)17/h2-7,19-20H,8H2,1H3,(H2,18,21,22). The summed E-state index contributed by atoms with van der Waals surface area (Å²) in [7, 11) is -4.51. The first kappa shape index (κ1) is 18.7. The number of benzene rings is 1. The van der Waals surface area contributed by atoms with Gasteiger partial charge >= 0.3 is 6.18 Å². The summed E-state index contributed by atoms with van der Waals surface area (Å²) in [5.41, 5.74) is -2.01. The smallest absolute Gasteiger partial charge is 0.384 e. The summed E-state index contributed by atoms with van der Waals surface area (Å²) in [4.78, 5) is -0.995. The Kier molecular flexibility index (Phi) is 4.96. The molecule has 2 aromatic rings. The Balaban J connectivity index is 2.30. The summed E-state index contributed by atoms with van der Waals surface area (Å²) < 4.78 is 61.8. The second kappa shape index (κ2) is 6.36. The summed E-state index contributed by atoms with van der Waals surface area (Å²) in [6.07, 6.45) is -4.88. The zero-order valence-corrected chi connectivity index (χ0v) is 14.1. The largest absolute Gasteiger partial charge is 0.417 e. The Morgan fingerprint density at radius 2 is 1.96 bits per heavy atom. The van der Waals surface area contributed by atoms with E-state index in [0.717, 1.165) is 6.07 Å². The summed E-state index contributed by atoms with van der Waals surface area (Å²) in [5, 5.41) is 21.4. The zero-order chi connectivity index (χ0) is 18.2. The highest BCUT2D eigenvalue weighted by molar-refractivity contribution is 7.89. The highest BCUT2D eigenvalue weighted by Gasteiger charge is 2.36. The van der Waals surface area contributed by atoms with Crippen LogP contribution in [-0.4, -0.2) is 20.1 Å². The van der Waals surface area contributed by atoms with E-state index >= 15 is 0 Å². The van der Waals surface area contributed by atoms with Crippen LogP contribution in [0.2, 0.25) is 0 Å². The molecule has 0 bridgehead atoms. The molecule has 0 radical (unpaired) electrons. The van der Waals surface area contributed by atoms with Gasteiger partial charge in [-0.2, -0.15) is 24.5 Å². The van der Waals surface area contributed by atoms with Gasteiger partial charge in [0.05, 0.1) is 10.5 Å². The third kappa shape index (κ3) is 4.26. The lowest BCUT2D eigenvalue weighted by atomic mass is 9.99. The maximum atomic E-state index is 13.1. The highest BCUT2D eigenvalue weighted by atomic mass is 32.2. The number of aliphatic hydroxyl groups is 1. The van der Waals surface area contributed by atoms with Gasteiger partial charge in [-0.05, 0) is 47.5 Å². The Morgan fingerprint density at radius 1 is 1.29 bits per heavy atom. The summed E-state index contributed by atoms with van der Waals surface area (Å²) in [5.74, 6) is 0.